The summed E-state index contributed by atoms with van der Waals surface area (Å²) in [6.07, 6.45) is -0.306. The summed E-state index contributed by atoms with van der Waals surface area (Å²) in [4.78, 5) is 23.4. The van der Waals surface area contributed by atoms with Gasteiger partial charge in [0.1, 0.15) is 17.6 Å². The van der Waals surface area contributed by atoms with Crippen molar-refractivity contribution in [2.75, 3.05) is 7.11 Å². The Bertz CT molecular complexity index is 1140. The monoisotopic (exact) mass is 391 g/mol. The highest BCUT2D eigenvalue weighted by Crippen LogP contribution is 2.44. The van der Waals surface area contributed by atoms with Gasteiger partial charge in [-0.25, -0.2) is 0 Å². The van der Waals surface area contributed by atoms with Gasteiger partial charge in [-0.2, -0.15) is 0 Å². The lowest BCUT2D eigenvalue weighted by molar-refractivity contribution is -0.384. The smallest absolute Gasteiger partial charge is 0.269 e. The van der Waals surface area contributed by atoms with Crippen LogP contribution < -0.4 is 0 Å². The van der Waals surface area contributed by atoms with Gasteiger partial charge < -0.3 is 14.9 Å². The van der Waals surface area contributed by atoms with Crippen LogP contribution in [0.2, 0.25) is 0 Å². The number of non-ortho nitro benzene ring substituents is 1. The normalized spacial score (nSPS) is 14.9. The fourth-order valence-corrected chi connectivity index (χ4v) is 3.77. The van der Waals surface area contributed by atoms with Crippen LogP contribution in [0.4, 0.5) is 5.69 Å². The molecule has 1 unspecified atom stereocenters. The third-order valence-electron chi connectivity index (χ3n) is 5.16. The van der Waals surface area contributed by atoms with Crippen LogP contribution >= 0.6 is 0 Å². The molecule has 0 heterocycles. The molecule has 0 fully saturated rings. The van der Waals surface area contributed by atoms with Gasteiger partial charge in [0.15, 0.2) is 0 Å². The quantitative estimate of drug-likeness (QED) is 0.516. The van der Waals surface area contributed by atoms with Gasteiger partial charge in [-0.15, -0.1) is 0 Å². The number of fused-ring (bicyclic) bond motifs is 2. The van der Waals surface area contributed by atoms with Gasteiger partial charge in [0.25, 0.3) is 5.69 Å². The first-order valence-electron chi connectivity index (χ1n) is 8.89. The lowest BCUT2D eigenvalue weighted by Crippen LogP contribution is -2.21. The molecule has 0 saturated carbocycles. The van der Waals surface area contributed by atoms with E-state index in [9.17, 15) is 25.1 Å². The number of ketones is 1. The fraction of sp³-hybridized carbons (Fsp3) is 0.136. The predicted octanol–water partition coefficient (Wildman–Crippen LogP) is 3.88. The Morgan fingerprint density at radius 1 is 1.00 bits per heavy atom. The number of rotatable bonds is 4. The van der Waals surface area contributed by atoms with Crippen molar-refractivity contribution in [2.24, 2.45) is 0 Å². The largest absolute Gasteiger partial charge is 0.507 e. The van der Waals surface area contributed by atoms with Gasteiger partial charge in [0.05, 0.1) is 16.1 Å². The number of nitro benzene ring substituents is 1. The van der Waals surface area contributed by atoms with E-state index < -0.39 is 16.8 Å². The van der Waals surface area contributed by atoms with Crippen molar-refractivity contribution >= 4 is 11.5 Å². The summed E-state index contributed by atoms with van der Waals surface area (Å²) in [5, 5.41) is 31.9. The molecule has 7 heteroatoms. The van der Waals surface area contributed by atoms with Crippen molar-refractivity contribution in [3.63, 3.8) is 0 Å². The molecule has 29 heavy (non-hydrogen) atoms. The van der Waals surface area contributed by atoms with Crippen molar-refractivity contribution < 1.29 is 24.7 Å². The van der Waals surface area contributed by atoms with Crippen LogP contribution in [0.15, 0.2) is 54.6 Å². The number of ether oxygens (including phenoxy) is 1. The van der Waals surface area contributed by atoms with Crippen molar-refractivity contribution in [3.8, 4) is 11.5 Å². The number of methoxy groups -OCH3 is 1. The minimum absolute atomic E-state index is 0.0198. The molecule has 1 aliphatic carbocycles. The molecule has 0 amide bonds. The molecule has 2 N–H and O–H groups in total. The molecule has 3 aromatic rings. The fourth-order valence-electron chi connectivity index (χ4n) is 3.77. The van der Waals surface area contributed by atoms with Gasteiger partial charge in [0, 0.05) is 36.8 Å². The molecule has 0 aliphatic heterocycles. The number of hydrogen-bond acceptors (Lipinski definition) is 6. The summed E-state index contributed by atoms with van der Waals surface area (Å²) in [5.74, 6) is -0.813. The Hall–Kier alpha value is -3.71. The number of phenols is 2. The van der Waals surface area contributed by atoms with E-state index in [4.69, 9.17) is 4.74 Å². The number of benzene rings is 3. The third-order valence-corrected chi connectivity index (χ3v) is 5.16. The number of nitro groups is 1. The van der Waals surface area contributed by atoms with E-state index in [1.54, 1.807) is 36.4 Å². The van der Waals surface area contributed by atoms with Gasteiger partial charge in [-0.05, 0) is 17.2 Å². The first-order chi connectivity index (χ1) is 13.9. The van der Waals surface area contributed by atoms with Gasteiger partial charge in [-0.1, -0.05) is 36.4 Å². The summed E-state index contributed by atoms with van der Waals surface area (Å²) in [6, 6.07) is 14.2. The maximum absolute atomic E-state index is 13.1. The first kappa shape index (κ1) is 18.6. The zero-order valence-electron chi connectivity index (χ0n) is 15.5. The minimum Gasteiger partial charge on any atom is -0.507 e. The van der Waals surface area contributed by atoms with E-state index >= 15 is 0 Å². The second kappa shape index (κ2) is 7.03. The molecule has 1 atom stereocenters. The molecule has 146 valence electrons. The molecule has 0 saturated heterocycles. The molecular weight excluding hydrogens is 374 g/mol. The van der Waals surface area contributed by atoms with Crippen molar-refractivity contribution in [2.45, 2.75) is 12.5 Å². The van der Waals surface area contributed by atoms with E-state index in [1.165, 1.54) is 25.3 Å². The summed E-state index contributed by atoms with van der Waals surface area (Å²) < 4.78 is 5.56. The number of nitrogens with zero attached hydrogens (tertiary/aromatic N) is 1. The van der Waals surface area contributed by atoms with E-state index in [-0.39, 0.29) is 34.7 Å². The van der Waals surface area contributed by atoms with Crippen LogP contribution in [-0.4, -0.2) is 28.0 Å². The Labute approximate surface area is 166 Å². The Morgan fingerprint density at radius 2 is 1.69 bits per heavy atom. The van der Waals surface area contributed by atoms with E-state index in [2.05, 4.69) is 0 Å². The number of hydrogen-bond donors (Lipinski definition) is 2. The number of carbonyl (C=O) groups excluding carboxylic acids is 1. The van der Waals surface area contributed by atoms with Gasteiger partial charge in [-0.3, -0.25) is 14.9 Å². The minimum atomic E-state index is -0.593. The van der Waals surface area contributed by atoms with Crippen LogP contribution in [0.3, 0.4) is 0 Å². The lowest BCUT2D eigenvalue weighted by atomic mass is 9.80. The molecule has 0 bridgehead atoms. The molecule has 0 spiro atoms. The van der Waals surface area contributed by atoms with Crippen LogP contribution in [-0.2, 0) is 11.2 Å². The van der Waals surface area contributed by atoms with Crippen molar-refractivity contribution in [1.29, 1.82) is 0 Å². The van der Waals surface area contributed by atoms with Crippen LogP contribution in [0.5, 0.6) is 11.5 Å². The molecule has 0 aromatic heterocycles. The standard InChI is InChI=1S/C22H17NO6/c1-29-22-15-3-2-4-17(24)18(15)21(26)19-16(22)10-7-13(20(19)25)11-12-5-8-14(9-6-12)23(27)28/h2-10,22,24-25H,11H2,1H3. The van der Waals surface area contributed by atoms with E-state index in [0.717, 1.165) is 5.56 Å². The maximum atomic E-state index is 13.1. The predicted molar refractivity (Wildman–Crippen MR) is 104 cm³/mol. The number of aromatic hydroxyl groups is 2. The Balaban J connectivity index is 1.78. The Morgan fingerprint density at radius 3 is 2.34 bits per heavy atom. The summed E-state index contributed by atoms with van der Waals surface area (Å²) in [5.41, 5.74) is 2.53. The van der Waals surface area contributed by atoms with Crippen LogP contribution in [0, 0.1) is 10.1 Å². The van der Waals surface area contributed by atoms with E-state index in [1.807, 2.05) is 0 Å². The van der Waals surface area contributed by atoms with Crippen molar-refractivity contribution in [3.05, 3.63) is 98.1 Å². The topological polar surface area (TPSA) is 110 Å². The van der Waals surface area contributed by atoms with Crippen LogP contribution in [0.25, 0.3) is 0 Å². The maximum Gasteiger partial charge on any atom is 0.269 e. The zero-order valence-corrected chi connectivity index (χ0v) is 15.5. The molecule has 1 aliphatic rings. The highest BCUT2D eigenvalue weighted by atomic mass is 16.6. The second-order valence-corrected chi connectivity index (χ2v) is 6.82. The molecular formula is C22H17NO6. The van der Waals surface area contributed by atoms with Crippen LogP contribution in [0.1, 0.15) is 44.3 Å². The third kappa shape index (κ3) is 3.01. The summed E-state index contributed by atoms with van der Waals surface area (Å²) in [7, 11) is 1.50. The average molecular weight is 391 g/mol. The SMILES string of the molecule is COC1c2cccc(O)c2C(=O)c2c1ccc(Cc1ccc([N+](=O)[O-])cc1)c2O. The highest BCUT2D eigenvalue weighted by molar-refractivity contribution is 6.16. The Kier molecular flexibility index (Phi) is 4.52. The molecule has 4 rings (SSSR count). The molecule has 3 aromatic carbocycles. The zero-order chi connectivity index (χ0) is 20.7. The highest BCUT2D eigenvalue weighted by Gasteiger charge is 2.35. The van der Waals surface area contributed by atoms with E-state index in [0.29, 0.717) is 16.7 Å². The lowest BCUT2D eigenvalue weighted by Gasteiger charge is -2.28. The molecule has 0 radical (unpaired) electrons. The van der Waals surface area contributed by atoms with Gasteiger partial charge in [0.2, 0.25) is 5.78 Å². The average Bonchev–Trinajstić information content (AvgIpc) is 2.70. The summed E-state index contributed by atoms with van der Waals surface area (Å²) in [6.45, 7) is 0. The number of phenolic OH excluding ortho intramolecular Hbond substituents is 2. The van der Waals surface area contributed by atoms with Crippen molar-refractivity contribution in [1.82, 2.24) is 0 Å². The van der Waals surface area contributed by atoms with Gasteiger partial charge >= 0.3 is 0 Å². The molecule has 7 nitrogen and oxygen atoms in total. The first-order valence-corrected chi connectivity index (χ1v) is 8.89. The summed E-state index contributed by atoms with van der Waals surface area (Å²) >= 11 is 0. The second-order valence-electron chi connectivity index (χ2n) is 6.82. The number of carbonyl (C=O) groups is 1.